The first-order chi connectivity index (χ1) is 13.7. The summed E-state index contributed by atoms with van der Waals surface area (Å²) >= 11 is 0. The number of carboxylic acid groups (broad SMARTS) is 1. The minimum Gasteiger partial charge on any atom is -0.478 e. The summed E-state index contributed by atoms with van der Waals surface area (Å²) in [6, 6.07) is 12.4. The monoisotopic (exact) mass is 400 g/mol. The second kappa shape index (κ2) is 9.50. The summed E-state index contributed by atoms with van der Waals surface area (Å²) in [6.07, 6.45) is -4.08. The lowest BCUT2D eigenvalue weighted by molar-refractivity contribution is -0.168. The van der Waals surface area contributed by atoms with Crippen molar-refractivity contribution in [2.45, 2.75) is 26.1 Å². The Morgan fingerprint density at radius 1 is 0.724 bits per heavy atom. The SMILES string of the molecule is COC(=O)C(OC(=O)c1ccc(C)cc1)C(OC(=O)c1ccc(C)cc1)C(=O)O. The summed E-state index contributed by atoms with van der Waals surface area (Å²) < 4.78 is 14.5. The summed E-state index contributed by atoms with van der Waals surface area (Å²) in [4.78, 5) is 48.4. The molecule has 0 saturated carbocycles. The highest BCUT2D eigenvalue weighted by Gasteiger charge is 2.41. The molecule has 0 aliphatic carbocycles. The fourth-order valence-electron chi connectivity index (χ4n) is 2.34. The first-order valence-corrected chi connectivity index (χ1v) is 8.59. The Morgan fingerprint density at radius 2 is 1.10 bits per heavy atom. The highest BCUT2D eigenvalue weighted by atomic mass is 16.6. The Bertz CT molecular complexity index is 899. The van der Waals surface area contributed by atoms with Gasteiger partial charge in [-0.25, -0.2) is 19.2 Å². The fraction of sp³-hybridized carbons (Fsp3) is 0.238. The van der Waals surface area contributed by atoms with Crippen molar-refractivity contribution < 1.29 is 38.5 Å². The van der Waals surface area contributed by atoms with E-state index in [1.54, 1.807) is 24.3 Å². The number of hydrogen-bond acceptors (Lipinski definition) is 7. The maximum Gasteiger partial charge on any atom is 0.351 e. The van der Waals surface area contributed by atoms with Gasteiger partial charge in [0.15, 0.2) is 0 Å². The van der Waals surface area contributed by atoms with Crippen molar-refractivity contribution in [1.82, 2.24) is 0 Å². The van der Waals surface area contributed by atoms with Gasteiger partial charge in [0, 0.05) is 0 Å². The van der Waals surface area contributed by atoms with Crippen LogP contribution in [0.15, 0.2) is 48.5 Å². The largest absolute Gasteiger partial charge is 0.478 e. The molecule has 0 amide bonds. The standard InChI is InChI=1S/C21H20O8/c1-12-4-8-14(9-5-12)19(24)28-16(18(22)23)17(21(26)27-3)29-20(25)15-10-6-13(2)7-11-15/h4-11,16-17H,1-3H3,(H,22,23). The van der Waals surface area contributed by atoms with Crippen LogP contribution in [0.5, 0.6) is 0 Å². The third-order valence-electron chi connectivity index (χ3n) is 3.99. The number of carboxylic acids is 1. The summed E-state index contributed by atoms with van der Waals surface area (Å²) in [6.45, 7) is 3.63. The molecule has 152 valence electrons. The molecule has 0 bridgehead atoms. The van der Waals surface area contributed by atoms with Crippen molar-refractivity contribution in [3.8, 4) is 0 Å². The minimum absolute atomic E-state index is 0.0790. The second-order valence-corrected chi connectivity index (χ2v) is 6.25. The van der Waals surface area contributed by atoms with Gasteiger partial charge in [0.05, 0.1) is 18.2 Å². The maximum absolute atomic E-state index is 12.3. The Balaban J connectivity index is 2.25. The molecule has 0 saturated heterocycles. The van der Waals surface area contributed by atoms with E-state index in [1.807, 2.05) is 13.8 Å². The average Bonchev–Trinajstić information content (AvgIpc) is 2.70. The normalized spacial score (nSPS) is 12.4. The number of carbonyl (C=O) groups is 4. The zero-order chi connectivity index (χ0) is 21.6. The van der Waals surface area contributed by atoms with Crippen LogP contribution in [-0.4, -0.2) is 48.3 Å². The lowest BCUT2D eigenvalue weighted by Gasteiger charge is -2.22. The van der Waals surface area contributed by atoms with Crippen LogP contribution in [0.3, 0.4) is 0 Å². The van der Waals surface area contributed by atoms with Crippen LogP contribution in [0, 0.1) is 13.8 Å². The van der Waals surface area contributed by atoms with Gasteiger partial charge in [-0.15, -0.1) is 0 Å². The number of methoxy groups -OCH3 is 1. The van der Waals surface area contributed by atoms with Gasteiger partial charge < -0.3 is 19.3 Å². The molecular weight excluding hydrogens is 380 g/mol. The van der Waals surface area contributed by atoms with E-state index in [0.717, 1.165) is 18.2 Å². The average molecular weight is 400 g/mol. The molecule has 2 atom stereocenters. The molecule has 2 rings (SSSR count). The van der Waals surface area contributed by atoms with Crippen LogP contribution in [0.4, 0.5) is 0 Å². The smallest absolute Gasteiger partial charge is 0.351 e. The Hall–Kier alpha value is -3.68. The molecule has 2 aromatic carbocycles. The number of aliphatic carboxylic acids is 1. The molecule has 0 heterocycles. The van der Waals surface area contributed by atoms with Crippen LogP contribution >= 0.6 is 0 Å². The summed E-state index contributed by atoms with van der Waals surface area (Å²) in [5.41, 5.74) is 1.95. The number of carbonyl (C=O) groups excluding carboxylic acids is 3. The van der Waals surface area contributed by atoms with Crippen LogP contribution in [0.25, 0.3) is 0 Å². The van der Waals surface area contributed by atoms with E-state index in [4.69, 9.17) is 9.47 Å². The Morgan fingerprint density at radius 3 is 1.45 bits per heavy atom. The molecule has 29 heavy (non-hydrogen) atoms. The van der Waals surface area contributed by atoms with Gasteiger partial charge in [-0.05, 0) is 38.1 Å². The van der Waals surface area contributed by atoms with E-state index in [1.165, 1.54) is 24.3 Å². The third kappa shape index (κ3) is 5.65. The predicted octanol–water partition coefficient (Wildman–Crippen LogP) is 2.31. The van der Waals surface area contributed by atoms with E-state index in [9.17, 15) is 24.3 Å². The van der Waals surface area contributed by atoms with Crippen LogP contribution < -0.4 is 0 Å². The number of rotatable bonds is 7. The zero-order valence-electron chi connectivity index (χ0n) is 16.1. The molecule has 1 N–H and O–H groups in total. The molecule has 2 aromatic rings. The van der Waals surface area contributed by atoms with E-state index in [0.29, 0.717) is 0 Å². The van der Waals surface area contributed by atoms with Gasteiger partial charge in [0.2, 0.25) is 12.2 Å². The molecule has 0 fully saturated rings. The van der Waals surface area contributed by atoms with Gasteiger partial charge in [-0.3, -0.25) is 0 Å². The van der Waals surface area contributed by atoms with Crippen LogP contribution in [-0.2, 0) is 23.8 Å². The van der Waals surface area contributed by atoms with Crippen LogP contribution in [0.1, 0.15) is 31.8 Å². The van der Waals surface area contributed by atoms with Crippen molar-refractivity contribution in [2.75, 3.05) is 7.11 Å². The van der Waals surface area contributed by atoms with Gasteiger partial charge in [0.25, 0.3) is 0 Å². The molecule has 8 nitrogen and oxygen atoms in total. The van der Waals surface area contributed by atoms with Gasteiger partial charge in [-0.2, -0.15) is 0 Å². The number of esters is 3. The molecule has 0 aliphatic rings. The van der Waals surface area contributed by atoms with Crippen molar-refractivity contribution >= 4 is 23.9 Å². The fourth-order valence-corrected chi connectivity index (χ4v) is 2.34. The molecule has 0 radical (unpaired) electrons. The van der Waals surface area contributed by atoms with Crippen molar-refractivity contribution in [1.29, 1.82) is 0 Å². The minimum atomic E-state index is -2.09. The molecular formula is C21H20O8. The highest BCUT2D eigenvalue weighted by Crippen LogP contribution is 2.15. The predicted molar refractivity (Wildman–Crippen MR) is 100 cm³/mol. The van der Waals surface area contributed by atoms with E-state index >= 15 is 0 Å². The second-order valence-electron chi connectivity index (χ2n) is 6.25. The van der Waals surface area contributed by atoms with E-state index in [-0.39, 0.29) is 11.1 Å². The van der Waals surface area contributed by atoms with Crippen molar-refractivity contribution in [3.05, 3.63) is 70.8 Å². The summed E-state index contributed by atoms with van der Waals surface area (Å²) in [7, 11) is 0.996. The maximum atomic E-state index is 12.3. The molecule has 0 aromatic heterocycles. The first kappa shape index (κ1) is 21.6. The molecule has 2 unspecified atom stereocenters. The van der Waals surface area contributed by atoms with Gasteiger partial charge in [0.1, 0.15) is 0 Å². The first-order valence-electron chi connectivity index (χ1n) is 8.59. The summed E-state index contributed by atoms with van der Waals surface area (Å²) in [5, 5.41) is 9.47. The Labute approximate surface area is 167 Å². The van der Waals surface area contributed by atoms with Gasteiger partial charge >= 0.3 is 23.9 Å². The molecule has 0 aliphatic heterocycles. The summed E-state index contributed by atoms with van der Waals surface area (Å²) in [5.74, 6) is -4.79. The number of hydrogen-bond donors (Lipinski definition) is 1. The topological polar surface area (TPSA) is 116 Å². The van der Waals surface area contributed by atoms with Crippen molar-refractivity contribution in [2.24, 2.45) is 0 Å². The lowest BCUT2D eigenvalue weighted by atomic mass is 10.1. The Kier molecular flexibility index (Phi) is 7.08. The third-order valence-corrected chi connectivity index (χ3v) is 3.99. The van der Waals surface area contributed by atoms with Crippen LogP contribution in [0.2, 0.25) is 0 Å². The number of ether oxygens (including phenoxy) is 3. The van der Waals surface area contributed by atoms with E-state index in [2.05, 4.69) is 4.74 Å². The highest BCUT2D eigenvalue weighted by molar-refractivity contribution is 5.95. The quantitative estimate of drug-likeness (QED) is 0.556. The van der Waals surface area contributed by atoms with E-state index < -0.39 is 36.1 Å². The van der Waals surface area contributed by atoms with Crippen molar-refractivity contribution in [3.63, 3.8) is 0 Å². The zero-order valence-corrected chi connectivity index (χ0v) is 16.1. The van der Waals surface area contributed by atoms with Gasteiger partial charge in [-0.1, -0.05) is 35.4 Å². The number of aryl methyl sites for hydroxylation is 2. The molecule has 0 spiro atoms. The number of benzene rings is 2. The molecule has 8 heteroatoms. The lowest BCUT2D eigenvalue weighted by Crippen LogP contribution is -2.46.